The molecule has 2 N–H and O–H groups in total. The van der Waals surface area contributed by atoms with Gasteiger partial charge in [0, 0.05) is 26.1 Å². The molecule has 0 aromatic heterocycles. The van der Waals surface area contributed by atoms with Crippen molar-refractivity contribution in [1.82, 2.24) is 15.1 Å². The molecule has 3 fully saturated rings. The highest BCUT2D eigenvalue weighted by Crippen LogP contribution is 2.59. The summed E-state index contributed by atoms with van der Waals surface area (Å²) in [7, 11) is 0. The normalized spacial score (nSPS) is 26.5. The standard InChI is InChI=1S/C34H47N3O7/c1-5-8-13-20-36(19-7-3)32(41)30-34-18-17-25(44-34)27(28(34)31(40)37(30)21-22-38)33(42)43-29(24-14-11-10-12-15-24)23(4)35-26(39)16-9-6-2/h6-7,10-12,14-15,23,25,27-30,38H,2-3,5,8-9,13,16-22H2,1,4H3,(H,35,39)/t23-,25+,27-,28-,29-,30+,34-/m0/s1. The van der Waals surface area contributed by atoms with Crippen molar-refractivity contribution in [3.63, 3.8) is 0 Å². The first-order chi connectivity index (χ1) is 21.2. The van der Waals surface area contributed by atoms with Crippen LogP contribution >= 0.6 is 0 Å². The first kappa shape index (κ1) is 33.4. The number of hydrogen-bond donors (Lipinski definition) is 2. The van der Waals surface area contributed by atoms with E-state index in [-0.39, 0.29) is 37.3 Å². The van der Waals surface area contributed by atoms with Gasteiger partial charge in [0.25, 0.3) is 0 Å². The third-order valence-electron chi connectivity index (χ3n) is 9.13. The summed E-state index contributed by atoms with van der Waals surface area (Å²) in [5, 5.41) is 12.8. The first-order valence-corrected chi connectivity index (χ1v) is 15.9. The van der Waals surface area contributed by atoms with Crippen LogP contribution in [0.2, 0.25) is 0 Å². The molecule has 0 saturated carbocycles. The Morgan fingerprint density at radius 3 is 2.64 bits per heavy atom. The highest BCUT2D eigenvalue weighted by molar-refractivity contribution is 5.98. The number of allylic oxidation sites excluding steroid dienone is 1. The van der Waals surface area contributed by atoms with Crippen LogP contribution in [0.15, 0.2) is 55.6 Å². The molecular weight excluding hydrogens is 562 g/mol. The minimum atomic E-state index is -1.19. The molecule has 3 saturated heterocycles. The number of rotatable bonds is 17. The van der Waals surface area contributed by atoms with Gasteiger partial charge in [-0.25, -0.2) is 0 Å². The third kappa shape index (κ3) is 6.61. The molecule has 44 heavy (non-hydrogen) atoms. The second-order valence-corrected chi connectivity index (χ2v) is 12.0. The number of nitrogens with one attached hydrogen (secondary N) is 1. The maximum atomic E-state index is 14.2. The maximum Gasteiger partial charge on any atom is 0.313 e. The van der Waals surface area contributed by atoms with Crippen LogP contribution in [0, 0.1) is 11.8 Å². The molecule has 4 rings (SSSR count). The molecule has 3 aliphatic heterocycles. The number of aliphatic hydroxyl groups excluding tert-OH is 1. The van der Waals surface area contributed by atoms with Crippen molar-refractivity contribution in [1.29, 1.82) is 0 Å². The summed E-state index contributed by atoms with van der Waals surface area (Å²) in [5.74, 6) is -3.25. The Balaban J connectivity index is 1.62. The quantitative estimate of drug-likeness (QED) is 0.158. The van der Waals surface area contributed by atoms with Gasteiger partial charge in [-0.3, -0.25) is 19.2 Å². The molecule has 0 unspecified atom stereocenters. The molecule has 3 amide bonds. The maximum absolute atomic E-state index is 14.2. The SMILES string of the molecule is C=CCCC(=O)N[C@@H](C)[C@H](OC(=O)[C@@H]1[C@H]2C(=O)N(CCO)[C@H](C(=O)N(CC=C)CCCCC)[C@]23CC[C@H]1O3)c1ccccc1. The summed E-state index contributed by atoms with van der Waals surface area (Å²) < 4.78 is 12.7. The largest absolute Gasteiger partial charge is 0.455 e. The number of esters is 1. The van der Waals surface area contributed by atoms with E-state index < -0.39 is 47.7 Å². The van der Waals surface area contributed by atoms with Crippen LogP contribution in [0.5, 0.6) is 0 Å². The predicted molar refractivity (Wildman–Crippen MR) is 165 cm³/mol. The van der Waals surface area contributed by atoms with E-state index >= 15 is 0 Å². The average molecular weight is 610 g/mol. The Bertz CT molecular complexity index is 1210. The van der Waals surface area contributed by atoms with Crippen molar-refractivity contribution in [2.45, 2.75) is 88.7 Å². The zero-order valence-corrected chi connectivity index (χ0v) is 26.0. The summed E-state index contributed by atoms with van der Waals surface area (Å²) in [5.41, 5.74) is -0.481. The predicted octanol–water partition coefficient (Wildman–Crippen LogP) is 3.31. The Labute approximate surface area is 260 Å². The molecule has 0 aliphatic carbocycles. The van der Waals surface area contributed by atoms with Gasteiger partial charge in [-0.2, -0.15) is 0 Å². The van der Waals surface area contributed by atoms with Gasteiger partial charge in [0.05, 0.1) is 30.6 Å². The van der Waals surface area contributed by atoms with Crippen molar-refractivity contribution in [3.8, 4) is 0 Å². The van der Waals surface area contributed by atoms with E-state index in [4.69, 9.17) is 9.47 Å². The van der Waals surface area contributed by atoms with Crippen molar-refractivity contribution in [2.24, 2.45) is 11.8 Å². The Kier molecular flexibility index (Phi) is 11.4. The van der Waals surface area contributed by atoms with Crippen molar-refractivity contribution in [3.05, 3.63) is 61.2 Å². The van der Waals surface area contributed by atoms with Crippen molar-refractivity contribution in [2.75, 3.05) is 26.2 Å². The number of carbonyl (C=O) groups is 4. The lowest BCUT2D eigenvalue weighted by atomic mass is 9.70. The molecule has 0 radical (unpaired) electrons. The van der Waals surface area contributed by atoms with Gasteiger partial charge in [0.2, 0.25) is 17.7 Å². The molecule has 1 aromatic rings. The van der Waals surface area contributed by atoms with Gasteiger partial charge in [-0.15, -0.1) is 13.2 Å². The summed E-state index contributed by atoms with van der Waals surface area (Å²) in [6.07, 6.45) is 6.45. The zero-order chi connectivity index (χ0) is 31.9. The Morgan fingerprint density at radius 2 is 1.98 bits per heavy atom. The van der Waals surface area contributed by atoms with Crippen LogP contribution < -0.4 is 5.32 Å². The molecule has 10 heteroatoms. The third-order valence-corrected chi connectivity index (χ3v) is 9.13. The van der Waals surface area contributed by atoms with Gasteiger partial charge in [0.1, 0.15) is 17.7 Å². The summed E-state index contributed by atoms with van der Waals surface area (Å²) in [4.78, 5) is 57.9. The zero-order valence-electron chi connectivity index (χ0n) is 26.0. The van der Waals surface area contributed by atoms with E-state index in [0.29, 0.717) is 37.9 Å². The van der Waals surface area contributed by atoms with Gasteiger partial charge in [0.15, 0.2) is 0 Å². The van der Waals surface area contributed by atoms with Crippen molar-refractivity contribution < 1.29 is 33.8 Å². The van der Waals surface area contributed by atoms with Crippen LogP contribution in [0.25, 0.3) is 0 Å². The topological polar surface area (TPSA) is 125 Å². The van der Waals surface area contributed by atoms with E-state index in [2.05, 4.69) is 25.4 Å². The summed E-state index contributed by atoms with van der Waals surface area (Å²) in [6, 6.07) is 7.66. The monoisotopic (exact) mass is 609 g/mol. The molecule has 10 nitrogen and oxygen atoms in total. The second-order valence-electron chi connectivity index (χ2n) is 12.0. The number of benzene rings is 1. The molecule has 240 valence electrons. The lowest BCUT2D eigenvalue weighted by molar-refractivity contribution is -0.162. The number of carbonyl (C=O) groups excluding carboxylic acids is 4. The van der Waals surface area contributed by atoms with Crippen molar-refractivity contribution >= 4 is 23.7 Å². The van der Waals surface area contributed by atoms with Crippen LogP contribution in [0.1, 0.15) is 70.5 Å². The first-order valence-electron chi connectivity index (χ1n) is 15.9. The Hall–Kier alpha value is -3.50. The number of nitrogens with zero attached hydrogens (tertiary/aromatic N) is 2. The molecule has 1 spiro atoms. The second kappa shape index (κ2) is 15.0. The fourth-order valence-corrected chi connectivity index (χ4v) is 7.16. The summed E-state index contributed by atoms with van der Waals surface area (Å²) >= 11 is 0. The average Bonchev–Trinajstić information content (AvgIpc) is 3.66. The van der Waals surface area contributed by atoms with Crippen LogP contribution in [0.4, 0.5) is 0 Å². The Morgan fingerprint density at radius 1 is 1.23 bits per heavy atom. The number of aliphatic hydroxyl groups is 1. The highest BCUT2D eigenvalue weighted by atomic mass is 16.6. The van der Waals surface area contributed by atoms with Gasteiger partial charge < -0.3 is 29.7 Å². The van der Waals surface area contributed by atoms with Gasteiger partial charge >= 0.3 is 5.97 Å². The molecule has 3 aliphatic rings. The molecule has 3 heterocycles. The number of fused-ring (bicyclic) bond motifs is 1. The lowest BCUT2D eigenvalue weighted by Gasteiger charge is -2.36. The molecular formula is C34H47N3O7. The van der Waals surface area contributed by atoms with Gasteiger partial charge in [-0.05, 0) is 38.2 Å². The van der Waals surface area contributed by atoms with E-state index in [1.807, 2.05) is 30.3 Å². The van der Waals surface area contributed by atoms with E-state index in [0.717, 1.165) is 19.3 Å². The fourth-order valence-electron chi connectivity index (χ4n) is 7.16. The minimum absolute atomic E-state index is 0.0411. The number of hydrogen-bond acceptors (Lipinski definition) is 7. The molecule has 1 aromatic carbocycles. The van der Waals surface area contributed by atoms with E-state index in [1.165, 1.54) is 4.90 Å². The molecule has 7 atom stereocenters. The highest BCUT2D eigenvalue weighted by Gasteiger charge is 2.75. The van der Waals surface area contributed by atoms with Crippen LogP contribution in [0.3, 0.4) is 0 Å². The molecule has 2 bridgehead atoms. The lowest BCUT2D eigenvalue weighted by Crippen LogP contribution is -2.56. The smallest absolute Gasteiger partial charge is 0.313 e. The number of β-amino-alcohol motifs (C(OH)–C–C–N with tert-alkyl or cyclic N) is 1. The van der Waals surface area contributed by atoms with E-state index in [1.54, 1.807) is 24.0 Å². The number of unbranched alkanes of at least 4 members (excludes halogenated alkanes) is 2. The number of likely N-dealkylation sites (tertiary alicyclic amines) is 1. The number of ether oxygens (including phenoxy) is 2. The van der Waals surface area contributed by atoms with E-state index in [9.17, 15) is 24.3 Å². The minimum Gasteiger partial charge on any atom is -0.455 e. The number of amides is 3. The summed E-state index contributed by atoms with van der Waals surface area (Å²) in [6.45, 7) is 11.8. The fraction of sp³-hybridized carbons (Fsp3) is 0.588. The van der Waals surface area contributed by atoms with Crippen LogP contribution in [-0.4, -0.2) is 88.6 Å². The van der Waals surface area contributed by atoms with Crippen LogP contribution in [-0.2, 0) is 28.7 Å². The van der Waals surface area contributed by atoms with Gasteiger partial charge in [-0.1, -0.05) is 62.2 Å².